The first-order chi connectivity index (χ1) is 11.5. The number of hydrogen-bond acceptors (Lipinski definition) is 3. The average Bonchev–Trinajstić information content (AvgIpc) is 2.54. The van der Waals surface area contributed by atoms with Crippen molar-refractivity contribution in [2.45, 2.75) is 31.9 Å². The molecule has 0 atom stereocenters. The Morgan fingerprint density at radius 1 is 1.21 bits per heavy atom. The molecule has 2 aromatic carbocycles. The van der Waals surface area contributed by atoms with Crippen molar-refractivity contribution >= 4 is 17.7 Å². The highest BCUT2D eigenvalue weighted by Crippen LogP contribution is 2.23. The van der Waals surface area contributed by atoms with Crippen LogP contribution in [0.1, 0.15) is 16.7 Å². The lowest BCUT2D eigenvalue weighted by Crippen LogP contribution is -2.25. The molecule has 0 unspecified atom stereocenters. The first-order valence-electron chi connectivity index (χ1n) is 7.45. The summed E-state index contributed by atoms with van der Waals surface area (Å²) in [6.45, 7) is 1.26. The van der Waals surface area contributed by atoms with Crippen LogP contribution in [0.5, 0.6) is 5.75 Å². The van der Waals surface area contributed by atoms with Gasteiger partial charge in [0, 0.05) is 17.0 Å². The number of alkyl halides is 2. The summed E-state index contributed by atoms with van der Waals surface area (Å²) in [4.78, 5) is 13.1. The van der Waals surface area contributed by atoms with Crippen molar-refractivity contribution in [1.82, 2.24) is 5.32 Å². The van der Waals surface area contributed by atoms with E-state index in [9.17, 15) is 13.6 Å². The van der Waals surface area contributed by atoms with E-state index in [1.165, 1.54) is 17.8 Å². The van der Waals surface area contributed by atoms with Crippen LogP contribution in [0.3, 0.4) is 0 Å². The second-order valence-corrected chi connectivity index (χ2v) is 6.34. The van der Waals surface area contributed by atoms with Gasteiger partial charge in [0.1, 0.15) is 5.75 Å². The Balaban J connectivity index is 1.88. The predicted octanol–water partition coefficient (Wildman–Crippen LogP) is 4.31. The normalized spacial score (nSPS) is 10.7. The third kappa shape index (κ3) is 5.53. The molecule has 1 amide bonds. The lowest BCUT2D eigenvalue weighted by atomic mass is 10.2. The van der Waals surface area contributed by atoms with Crippen LogP contribution in [0.4, 0.5) is 8.78 Å². The third-order valence-corrected chi connectivity index (χ3v) is 4.52. The van der Waals surface area contributed by atoms with E-state index < -0.39 is 6.61 Å². The Bertz CT molecular complexity index is 707. The Hall–Kier alpha value is -2.08. The fraction of sp³-hybridized carbons (Fsp3) is 0.278. The highest BCUT2D eigenvalue weighted by atomic mass is 32.2. The maximum absolute atomic E-state index is 12.4. The van der Waals surface area contributed by atoms with Crippen LogP contribution in [-0.4, -0.2) is 18.3 Å². The summed E-state index contributed by atoms with van der Waals surface area (Å²) in [5.41, 5.74) is 2.78. The van der Waals surface area contributed by atoms with Gasteiger partial charge in [0.15, 0.2) is 0 Å². The summed E-state index contributed by atoms with van der Waals surface area (Å²) in [5, 5.41) is 2.73. The minimum Gasteiger partial charge on any atom is -0.434 e. The highest BCUT2D eigenvalue weighted by molar-refractivity contribution is 8.00. The summed E-state index contributed by atoms with van der Waals surface area (Å²) in [5.74, 6) is 0.185. The van der Waals surface area contributed by atoms with Gasteiger partial charge >= 0.3 is 6.61 Å². The lowest BCUT2D eigenvalue weighted by molar-refractivity contribution is -0.118. The standard InChI is InChI=1S/C18H19F2NO2S/c1-12-7-8-13(2)16(9-12)24-11-17(22)21-10-14-5-3-4-6-15(14)23-18(19)20/h3-9,18H,10-11H2,1-2H3,(H,21,22). The van der Waals surface area contributed by atoms with Gasteiger partial charge in [-0.1, -0.05) is 35.9 Å². The van der Waals surface area contributed by atoms with Gasteiger partial charge in [-0.15, -0.1) is 11.8 Å². The number of hydrogen-bond donors (Lipinski definition) is 1. The largest absolute Gasteiger partial charge is 0.434 e. The van der Waals surface area contributed by atoms with Crippen molar-refractivity contribution in [3.8, 4) is 5.75 Å². The van der Waals surface area contributed by atoms with Gasteiger partial charge in [0.2, 0.25) is 5.91 Å². The van der Waals surface area contributed by atoms with Crippen LogP contribution in [0.25, 0.3) is 0 Å². The van der Waals surface area contributed by atoms with Crippen molar-refractivity contribution in [2.75, 3.05) is 5.75 Å². The van der Waals surface area contributed by atoms with Crippen LogP contribution in [0, 0.1) is 13.8 Å². The summed E-state index contributed by atoms with van der Waals surface area (Å²) in [6.07, 6.45) is 0. The number of carbonyl (C=O) groups is 1. The molecule has 0 aliphatic carbocycles. The molecule has 0 aliphatic heterocycles. The molecule has 0 spiro atoms. The number of carbonyl (C=O) groups excluding carboxylic acids is 1. The fourth-order valence-corrected chi connectivity index (χ4v) is 3.07. The van der Waals surface area contributed by atoms with Crippen LogP contribution in [0.15, 0.2) is 47.4 Å². The van der Waals surface area contributed by atoms with Gasteiger partial charge in [-0.25, -0.2) is 0 Å². The number of amides is 1. The molecule has 6 heteroatoms. The number of ether oxygens (including phenoxy) is 1. The molecule has 3 nitrogen and oxygen atoms in total. The van der Waals surface area contributed by atoms with Gasteiger partial charge in [0.05, 0.1) is 5.75 Å². The van der Waals surface area contributed by atoms with Crippen molar-refractivity contribution in [3.63, 3.8) is 0 Å². The Kier molecular flexibility index (Phi) is 6.61. The molecule has 0 aliphatic rings. The number of aryl methyl sites for hydroxylation is 2. The van der Waals surface area contributed by atoms with E-state index in [1.54, 1.807) is 18.2 Å². The minimum absolute atomic E-state index is 0.0787. The number of thioether (sulfide) groups is 1. The van der Waals surface area contributed by atoms with Gasteiger partial charge in [-0.3, -0.25) is 4.79 Å². The molecule has 1 N–H and O–H groups in total. The zero-order valence-electron chi connectivity index (χ0n) is 13.5. The smallest absolute Gasteiger partial charge is 0.387 e. The molecule has 0 saturated heterocycles. The Labute approximate surface area is 144 Å². The molecule has 0 fully saturated rings. The van der Waals surface area contributed by atoms with Crippen LogP contribution in [0.2, 0.25) is 0 Å². The van der Waals surface area contributed by atoms with Gasteiger partial charge in [0.25, 0.3) is 0 Å². The molecule has 0 aromatic heterocycles. The van der Waals surface area contributed by atoms with E-state index in [0.717, 1.165) is 16.0 Å². The minimum atomic E-state index is -2.89. The SMILES string of the molecule is Cc1ccc(C)c(SCC(=O)NCc2ccccc2OC(F)F)c1. The monoisotopic (exact) mass is 351 g/mol. The van der Waals surface area contributed by atoms with Crippen LogP contribution in [-0.2, 0) is 11.3 Å². The number of nitrogens with one attached hydrogen (secondary N) is 1. The summed E-state index contributed by atoms with van der Waals surface area (Å²) >= 11 is 1.46. The molecule has 0 bridgehead atoms. The van der Waals surface area contributed by atoms with E-state index in [0.29, 0.717) is 5.56 Å². The molecule has 0 radical (unpaired) electrons. The van der Waals surface area contributed by atoms with E-state index in [4.69, 9.17) is 0 Å². The molecule has 0 saturated carbocycles. The predicted molar refractivity (Wildman–Crippen MR) is 91.6 cm³/mol. The maximum atomic E-state index is 12.4. The molecule has 24 heavy (non-hydrogen) atoms. The second kappa shape index (κ2) is 8.68. The Morgan fingerprint density at radius 3 is 2.71 bits per heavy atom. The zero-order valence-corrected chi connectivity index (χ0v) is 14.3. The number of halogens is 2. The topological polar surface area (TPSA) is 38.3 Å². The van der Waals surface area contributed by atoms with Crippen LogP contribution >= 0.6 is 11.8 Å². The molecule has 2 rings (SSSR count). The van der Waals surface area contributed by atoms with E-state index in [2.05, 4.69) is 10.1 Å². The van der Waals surface area contributed by atoms with E-state index >= 15 is 0 Å². The van der Waals surface area contributed by atoms with Crippen molar-refractivity contribution < 1.29 is 18.3 Å². The molecule has 128 valence electrons. The number of rotatable bonds is 7. The number of para-hydroxylation sites is 1. The molecule has 2 aromatic rings. The summed E-state index contributed by atoms with van der Waals surface area (Å²) in [6, 6.07) is 12.5. The zero-order chi connectivity index (χ0) is 17.5. The average molecular weight is 351 g/mol. The molecule has 0 heterocycles. The third-order valence-electron chi connectivity index (χ3n) is 3.37. The first-order valence-corrected chi connectivity index (χ1v) is 8.43. The molecular weight excluding hydrogens is 332 g/mol. The summed E-state index contributed by atoms with van der Waals surface area (Å²) in [7, 11) is 0. The van der Waals surface area contributed by atoms with Gasteiger partial charge in [-0.05, 0) is 31.5 Å². The second-order valence-electron chi connectivity index (χ2n) is 5.32. The lowest BCUT2D eigenvalue weighted by Gasteiger charge is -2.11. The maximum Gasteiger partial charge on any atom is 0.387 e. The van der Waals surface area contributed by atoms with Gasteiger partial charge in [-0.2, -0.15) is 8.78 Å². The molecular formula is C18H19F2NO2S. The number of benzene rings is 2. The first kappa shape index (κ1) is 18.3. The van der Waals surface area contributed by atoms with Crippen molar-refractivity contribution in [2.24, 2.45) is 0 Å². The highest BCUT2D eigenvalue weighted by Gasteiger charge is 2.10. The quantitative estimate of drug-likeness (QED) is 0.755. The summed E-state index contributed by atoms with van der Waals surface area (Å²) < 4.78 is 29.2. The van der Waals surface area contributed by atoms with Gasteiger partial charge < -0.3 is 10.1 Å². The van der Waals surface area contributed by atoms with Crippen molar-refractivity contribution in [3.05, 3.63) is 59.2 Å². The van der Waals surface area contributed by atoms with E-state index in [-0.39, 0.29) is 24.0 Å². The van der Waals surface area contributed by atoms with E-state index in [1.807, 2.05) is 32.0 Å². The van der Waals surface area contributed by atoms with Crippen LogP contribution < -0.4 is 10.1 Å². The fourth-order valence-electron chi connectivity index (χ4n) is 2.11. The Morgan fingerprint density at radius 2 is 1.96 bits per heavy atom. The van der Waals surface area contributed by atoms with Crippen molar-refractivity contribution in [1.29, 1.82) is 0 Å².